The molecule has 3 rings (SSSR count). The molecule has 1 aromatic carbocycles. The number of nitrogens with two attached hydrogens (primary N) is 1. The summed E-state index contributed by atoms with van der Waals surface area (Å²) in [6.45, 7) is 4.60. The number of rotatable bonds is 6. The van der Waals surface area contributed by atoms with Crippen LogP contribution >= 0.6 is 11.8 Å². The Morgan fingerprint density at radius 1 is 1.24 bits per heavy atom. The number of imidazole rings is 1. The van der Waals surface area contributed by atoms with E-state index in [0.717, 1.165) is 21.9 Å². The number of H-pyrrole nitrogens is 1. The molecule has 0 bridgehead atoms. The Hall–Kier alpha value is -2.55. The van der Waals surface area contributed by atoms with E-state index in [9.17, 15) is 0 Å². The molecule has 0 amide bonds. The molecule has 2 aromatic heterocycles. The molecule has 8 nitrogen and oxygen atoms in total. The predicted molar refractivity (Wildman–Crippen MR) is 100 cm³/mol. The molecule has 0 saturated carbocycles. The van der Waals surface area contributed by atoms with Gasteiger partial charge in [-0.2, -0.15) is 15.0 Å². The highest BCUT2D eigenvalue weighted by atomic mass is 32.2. The van der Waals surface area contributed by atoms with Gasteiger partial charge in [0.1, 0.15) is 11.6 Å². The molecule has 0 aliphatic carbocycles. The van der Waals surface area contributed by atoms with Crippen molar-refractivity contribution in [3.63, 3.8) is 0 Å². The first-order chi connectivity index (χ1) is 12.0. The van der Waals surface area contributed by atoms with Gasteiger partial charge in [0.25, 0.3) is 0 Å². The van der Waals surface area contributed by atoms with Crippen LogP contribution < -0.4 is 15.4 Å². The van der Waals surface area contributed by atoms with E-state index in [0.29, 0.717) is 18.4 Å². The third kappa shape index (κ3) is 3.93. The number of aromatic nitrogens is 5. The lowest BCUT2D eigenvalue weighted by atomic mass is 10.3. The van der Waals surface area contributed by atoms with Crippen LogP contribution in [0.4, 0.5) is 11.9 Å². The number of nitrogen functional groups attached to an aromatic ring is 1. The van der Waals surface area contributed by atoms with E-state index in [4.69, 9.17) is 10.5 Å². The molecule has 0 saturated heterocycles. The molecule has 3 N–H and O–H groups in total. The molecule has 0 aliphatic rings. The van der Waals surface area contributed by atoms with Crippen molar-refractivity contribution in [1.29, 1.82) is 0 Å². The number of hydrogen-bond donors (Lipinski definition) is 2. The number of benzene rings is 1. The molecule has 9 heteroatoms. The summed E-state index contributed by atoms with van der Waals surface area (Å²) >= 11 is 1.54. The van der Waals surface area contributed by atoms with E-state index >= 15 is 0 Å². The number of nitrogens with zero attached hydrogens (tertiary/aromatic N) is 5. The normalized spacial score (nSPS) is 12.3. The van der Waals surface area contributed by atoms with Gasteiger partial charge < -0.3 is 20.4 Å². The minimum atomic E-state index is -0.0316. The zero-order valence-electron chi connectivity index (χ0n) is 14.6. The van der Waals surface area contributed by atoms with Gasteiger partial charge in [-0.05, 0) is 26.0 Å². The first-order valence-electron chi connectivity index (χ1n) is 7.94. The number of fused-ring (bicyclic) bond motifs is 1. The molecule has 3 aromatic rings. The maximum atomic E-state index is 5.80. The second-order valence-corrected chi connectivity index (χ2v) is 6.99. The van der Waals surface area contributed by atoms with Gasteiger partial charge in [-0.3, -0.25) is 0 Å². The Morgan fingerprint density at radius 3 is 2.76 bits per heavy atom. The zero-order chi connectivity index (χ0) is 18.0. The van der Waals surface area contributed by atoms with E-state index < -0.39 is 0 Å². The van der Waals surface area contributed by atoms with Crippen molar-refractivity contribution in [3.8, 4) is 5.75 Å². The van der Waals surface area contributed by atoms with Gasteiger partial charge >= 0.3 is 0 Å². The van der Waals surface area contributed by atoms with Gasteiger partial charge in [0.05, 0.1) is 22.9 Å². The van der Waals surface area contributed by atoms with Crippen LogP contribution in [0, 0.1) is 0 Å². The van der Waals surface area contributed by atoms with Crippen molar-refractivity contribution in [2.75, 3.05) is 31.3 Å². The quantitative estimate of drug-likeness (QED) is 0.647. The molecular formula is C16H21N7OS. The fraction of sp³-hybridized carbons (Fsp3) is 0.375. The fourth-order valence-corrected chi connectivity index (χ4v) is 3.14. The van der Waals surface area contributed by atoms with Crippen LogP contribution in [0.5, 0.6) is 5.75 Å². The molecule has 2 heterocycles. The SMILES string of the molecule is CCOc1ccc2nc(S[C@@H](C)c3nc(N)nc(N(C)C)n3)[nH]c2c1. The Labute approximate surface area is 150 Å². The van der Waals surface area contributed by atoms with Gasteiger partial charge in [-0.1, -0.05) is 11.8 Å². The minimum absolute atomic E-state index is 0.0316. The van der Waals surface area contributed by atoms with E-state index in [1.165, 1.54) is 11.8 Å². The summed E-state index contributed by atoms with van der Waals surface area (Å²) in [4.78, 5) is 22.5. The summed E-state index contributed by atoms with van der Waals surface area (Å²) in [5.74, 6) is 2.20. The summed E-state index contributed by atoms with van der Waals surface area (Å²) < 4.78 is 5.52. The summed E-state index contributed by atoms with van der Waals surface area (Å²) in [7, 11) is 3.73. The number of ether oxygens (including phenoxy) is 1. The van der Waals surface area contributed by atoms with Crippen molar-refractivity contribution < 1.29 is 4.74 Å². The van der Waals surface area contributed by atoms with Gasteiger partial charge in [-0.15, -0.1) is 0 Å². The van der Waals surface area contributed by atoms with Gasteiger partial charge in [0.15, 0.2) is 5.16 Å². The molecule has 0 spiro atoms. The number of aromatic amines is 1. The smallest absolute Gasteiger partial charge is 0.229 e. The molecule has 132 valence electrons. The van der Waals surface area contributed by atoms with Gasteiger partial charge in [0, 0.05) is 20.2 Å². The molecule has 1 atom stereocenters. The molecular weight excluding hydrogens is 338 g/mol. The van der Waals surface area contributed by atoms with Crippen LogP contribution in [-0.2, 0) is 0 Å². The second kappa shape index (κ2) is 7.14. The average Bonchev–Trinajstić information content (AvgIpc) is 2.96. The number of nitrogens with one attached hydrogen (secondary N) is 1. The first kappa shape index (κ1) is 17.3. The van der Waals surface area contributed by atoms with E-state index in [-0.39, 0.29) is 11.2 Å². The van der Waals surface area contributed by atoms with E-state index in [1.807, 2.05) is 46.1 Å². The van der Waals surface area contributed by atoms with Crippen molar-refractivity contribution in [1.82, 2.24) is 24.9 Å². The third-order valence-electron chi connectivity index (χ3n) is 3.45. The van der Waals surface area contributed by atoms with Gasteiger partial charge in [-0.25, -0.2) is 4.98 Å². The second-order valence-electron chi connectivity index (χ2n) is 5.66. The maximum absolute atomic E-state index is 5.80. The fourth-order valence-electron chi connectivity index (χ4n) is 2.28. The van der Waals surface area contributed by atoms with Crippen molar-refractivity contribution in [3.05, 3.63) is 24.0 Å². The summed E-state index contributed by atoms with van der Waals surface area (Å²) in [6.07, 6.45) is 0. The molecule has 0 fully saturated rings. The number of thioether (sulfide) groups is 1. The van der Waals surface area contributed by atoms with Crippen LogP contribution in [0.1, 0.15) is 24.9 Å². The van der Waals surface area contributed by atoms with Crippen molar-refractivity contribution >= 4 is 34.7 Å². The lowest BCUT2D eigenvalue weighted by Crippen LogP contribution is -2.16. The highest BCUT2D eigenvalue weighted by molar-refractivity contribution is 7.99. The Balaban J connectivity index is 1.83. The van der Waals surface area contributed by atoms with Crippen molar-refractivity contribution in [2.24, 2.45) is 0 Å². The number of hydrogen-bond acceptors (Lipinski definition) is 8. The van der Waals surface area contributed by atoms with E-state index in [1.54, 1.807) is 4.90 Å². The lowest BCUT2D eigenvalue weighted by Gasteiger charge is -2.13. The molecule has 0 aliphatic heterocycles. The third-order valence-corrected chi connectivity index (χ3v) is 4.43. The summed E-state index contributed by atoms with van der Waals surface area (Å²) in [5.41, 5.74) is 7.63. The largest absolute Gasteiger partial charge is 0.494 e. The Morgan fingerprint density at radius 2 is 2.04 bits per heavy atom. The monoisotopic (exact) mass is 359 g/mol. The Kier molecular flexibility index (Phi) is 4.93. The van der Waals surface area contributed by atoms with Crippen LogP contribution in [0.25, 0.3) is 11.0 Å². The van der Waals surface area contributed by atoms with Crippen LogP contribution in [0.15, 0.2) is 23.4 Å². The van der Waals surface area contributed by atoms with Gasteiger partial charge in [0.2, 0.25) is 11.9 Å². The molecule has 0 radical (unpaired) electrons. The standard InChI is InChI=1S/C16H21N7OS/c1-5-24-10-6-7-11-12(8-10)19-16(18-11)25-9(2)13-20-14(17)22-15(21-13)23(3)4/h6-9H,5H2,1-4H3,(H,18,19)(H2,17,20,21,22)/t9-/m0/s1. The van der Waals surface area contributed by atoms with Crippen LogP contribution in [-0.4, -0.2) is 45.6 Å². The van der Waals surface area contributed by atoms with Crippen LogP contribution in [0.3, 0.4) is 0 Å². The highest BCUT2D eigenvalue weighted by Gasteiger charge is 2.16. The molecule has 25 heavy (non-hydrogen) atoms. The van der Waals surface area contributed by atoms with Crippen molar-refractivity contribution in [2.45, 2.75) is 24.3 Å². The highest BCUT2D eigenvalue weighted by Crippen LogP contribution is 2.33. The number of anilines is 2. The summed E-state index contributed by atoms with van der Waals surface area (Å²) in [5, 5.41) is 0.762. The average molecular weight is 359 g/mol. The topological polar surface area (TPSA) is 106 Å². The zero-order valence-corrected chi connectivity index (χ0v) is 15.5. The lowest BCUT2D eigenvalue weighted by molar-refractivity contribution is 0.340. The van der Waals surface area contributed by atoms with E-state index in [2.05, 4.69) is 24.9 Å². The van der Waals surface area contributed by atoms with Crippen LogP contribution in [0.2, 0.25) is 0 Å². The summed E-state index contributed by atoms with van der Waals surface area (Å²) in [6, 6.07) is 5.81. The molecule has 0 unspecified atom stereocenters. The maximum Gasteiger partial charge on any atom is 0.229 e. The minimum Gasteiger partial charge on any atom is -0.494 e. The first-order valence-corrected chi connectivity index (χ1v) is 8.82. The predicted octanol–water partition coefficient (Wildman–Crippen LogP) is 2.65. The Bertz CT molecular complexity index is 880.